The summed E-state index contributed by atoms with van der Waals surface area (Å²) in [5.41, 5.74) is 0. The van der Waals surface area contributed by atoms with Crippen LogP contribution in [0.3, 0.4) is 0 Å². The van der Waals surface area contributed by atoms with Gasteiger partial charge in [-0.25, -0.2) is 4.98 Å². The fourth-order valence-electron chi connectivity index (χ4n) is 2.28. The molecule has 1 aromatic rings. The van der Waals surface area contributed by atoms with Crippen LogP contribution in [0.2, 0.25) is 0 Å². The summed E-state index contributed by atoms with van der Waals surface area (Å²) >= 11 is 0. The lowest BCUT2D eigenvalue weighted by Gasteiger charge is -2.32. The van der Waals surface area contributed by atoms with Gasteiger partial charge in [-0.05, 0) is 33.2 Å². The van der Waals surface area contributed by atoms with Crippen LogP contribution in [-0.4, -0.2) is 42.8 Å². The van der Waals surface area contributed by atoms with Gasteiger partial charge in [0.15, 0.2) is 0 Å². The third-order valence-electron chi connectivity index (χ3n) is 3.27. The molecule has 1 fully saturated rings. The monoisotopic (exact) mass is 250 g/mol. The lowest BCUT2D eigenvalue weighted by Crippen LogP contribution is -2.44. The van der Waals surface area contributed by atoms with Crippen molar-refractivity contribution in [2.75, 3.05) is 31.6 Å². The van der Waals surface area contributed by atoms with Crippen LogP contribution in [0.5, 0.6) is 5.88 Å². The molecule has 2 heterocycles. The molecule has 0 radical (unpaired) electrons. The zero-order chi connectivity index (χ0) is 13.0. The van der Waals surface area contributed by atoms with Crippen LogP contribution in [0.15, 0.2) is 6.07 Å². The maximum absolute atomic E-state index is 5.47. The molecule has 1 atom stereocenters. The molecule has 0 aliphatic carbocycles. The first kappa shape index (κ1) is 13.1. The first-order chi connectivity index (χ1) is 8.70. The quantitative estimate of drug-likeness (QED) is 0.874. The van der Waals surface area contributed by atoms with Gasteiger partial charge in [0.2, 0.25) is 5.88 Å². The van der Waals surface area contributed by atoms with Crippen molar-refractivity contribution in [2.24, 2.45) is 0 Å². The number of hydrogen-bond donors (Lipinski definition) is 1. The van der Waals surface area contributed by atoms with E-state index >= 15 is 0 Å². The lowest BCUT2D eigenvalue weighted by atomic mass is 10.1. The van der Waals surface area contributed by atoms with E-state index < -0.39 is 0 Å². The van der Waals surface area contributed by atoms with Crippen molar-refractivity contribution in [3.8, 4) is 5.88 Å². The van der Waals surface area contributed by atoms with Gasteiger partial charge in [-0.2, -0.15) is 4.98 Å². The Morgan fingerprint density at radius 3 is 3.00 bits per heavy atom. The summed E-state index contributed by atoms with van der Waals surface area (Å²) in [6.07, 6.45) is 2.42. The summed E-state index contributed by atoms with van der Waals surface area (Å²) in [6.45, 7) is 6.64. The van der Waals surface area contributed by atoms with E-state index in [9.17, 15) is 0 Å². The van der Waals surface area contributed by atoms with Gasteiger partial charge in [0, 0.05) is 25.7 Å². The van der Waals surface area contributed by atoms with E-state index in [1.165, 1.54) is 12.8 Å². The Bertz CT molecular complexity index is 391. The van der Waals surface area contributed by atoms with E-state index in [1.54, 1.807) is 0 Å². The smallest absolute Gasteiger partial charge is 0.218 e. The molecule has 1 aliphatic heterocycles. The number of aryl methyl sites for hydroxylation is 1. The molecule has 1 aliphatic rings. The maximum atomic E-state index is 5.47. The second-order valence-corrected chi connectivity index (χ2v) is 4.66. The van der Waals surface area contributed by atoms with Crippen LogP contribution in [0, 0.1) is 6.92 Å². The summed E-state index contributed by atoms with van der Waals surface area (Å²) in [4.78, 5) is 11.0. The van der Waals surface area contributed by atoms with E-state index in [0.717, 1.165) is 24.7 Å². The lowest BCUT2D eigenvalue weighted by molar-refractivity contribution is 0.325. The number of likely N-dealkylation sites (N-methyl/N-ethyl adjacent to an activating group) is 1. The molecule has 0 amide bonds. The van der Waals surface area contributed by atoms with Gasteiger partial charge in [0.05, 0.1) is 6.61 Å². The maximum Gasteiger partial charge on any atom is 0.218 e. The molecule has 100 valence electrons. The largest absolute Gasteiger partial charge is 0.478 e. The molecular formula is C13H22N4O. The van der Waals surface area contributed by atoms with Crippen LogP contribution >= 0.6 is 0 Å². The third-order valence-corrected chi connectivity index (χ3v) is 3.27. The van der Waals surface area contributed by atoms with E-state index in [0.29, 0.717) is 18.5 Å². The molecule has 1 unspecified atom stereocenters. The first-order valence-corrected chi connectivity index (χ1v) is 6.62. The molecule has 2 rings (SSSR count). The zero-order valence-corrected chi connectivity index (χ0v) is 11.4. The van der Waals surface area contributed by atoms with Crippen molar-refractivity contribution in [3.63, 3.8) is 0 Å². The van der Waals surface area contributed by atoms with Crippen LogP contribution in [0.4, 0.5) is 5.82 Å². The number of aromatic nitrogens is 2. The highest BCUT2D eigenvalue weighted by Gasteiger charge is 2.19. The minimum Gasteiger partial charge on any atom is -0.478 e. The topological polar surface area (TPSA) is 50.3 Å². The second-order valence-electron chi connectivity index (χ2n) is 4.66. The SMILES string of the molecule is CCOc1cc(N(C)C2CCCNC2)nc(C)n1. The number of rotatable bonds is 4. The van der Waals surface area contributed by atoms with Gasteiger partial charge < -0.3 is 15.0 Å². The van der Waals surface area contributed by atoms with Gasteiger partial charge in [-0.15, -0.1) is 0 Å². The first-order valence-electron chi connectivity index (χ1n) is 6.62. The molecule has 5 nitrogen and oxygen atoms in total. The number of ether oxygens (including phenoxy) is 1. The molecule has 0 saturated carbocycles. The Morgan fingerprint density at radius 2 is 2.33 bits per heavy atom. The summed E-state index contributed by atoms with van der Waals surface area (Å²) < 4.78 is 5.47. The zero-order valence-electron chi connectivity index (χ0n) is 11.4. The Labute approximate surface area is 109 Å². The number of nitrogens with zero attached hydrogens (tertiary/aromatic N) is 3. The fourth-order valence-corrected chi connectivity index (χ4v) is 2.28. The number of piperidine rings is 1. The summed E-state index contributed by atoms with van der Waals surface area (Å²) in [6, 6.07) is 2.42. The van der Waals surface area contributed by atoms with Crippen molar-refractivity contribution in [3.05, 3.63) is 11.9 Å². The molecule has 1 N–H and O–H groups in total. The predicted octanol–water partition coefficient (Wildman–Crippen LogP) is 1.37. The van der Waals surface area contributed by atoms with E-state index in [1.807, 2.05) is 19.9 Å². The van der Waals surface area contributed by atoms with Gasteiger partial charge in [-0.3, -0.25) is 0 Å². The van der Waals surface area contributed by atoms with Crippen molar-refractivity contribution < 1.29 is 4.74 Å². The van der Waals surface area contributed by atoms with Gasteiger partial charge >= 0.3 is 0 Å². The van der Waals surface area contributed by atoms with Crippen LogP contribution in [0.1, 0.15) is 25.6 Å². The third kappa shape index (κ3) is 3.10. The Balaban J connectivity index is 2.15. The van der Waals surface area contributed by atoms with Gasteiger partial charge in [0.25, 0.3) is 0 Å². The molecule has 0 aromatic carbocycles. The van der Waals surface area contributed by atoms with E-state index in [4.69, 9.17) is 4.74 Å². The van der Waals surface area contributed by atoms with Crippen molar-refractivity contribution in [1.82, 2.24) is 15.3 Å². The van der Waals surface area contributed by atoms with E-state index in [-0.39, 0.29) is 0 Å². The summed E-state index contributed by atoms with van der Waals surface area (Å²) in [7, 11) is 2.09. The molecule has 0 bridgehead atoms. The molecule has 1 saturated heterocycles. The molecule has 0 spiro atoms. The van der Waals surface area contributed by atoms with Crippen LogP contribution < -0.4 is 15.0 Å². The average molecular weight is 250 g/mol. The van der Waals surface area contributed by atoms with Crippen LogP contribution in [-0.2, 0) is 0 Å². The highest BCUT2D eigenvalue weighted by atomic mass is 16.5. The number of nitrogens with one attached hydrogen (secondary N) is 1. The molecule has 1 aromatic heterocycles. The van der Waals surface area contributed by atoms with Crippen molar-refractivity contribution >= 4 is 5.82 Å². The van der Waals surface area contributed by atoms with Crippen LogP contribution in [0.25, 0.3) is 0 Å². The standard InChI is InChI=1S/C13H22N4O/c1-4-18-13-8-12(15-10(2)16-13)17(3)11-6-5-7-14-9-11/h8,11,14H,4-7,9H2,1-3H3. The minimum atomic E-state index is 0.502. The summed E-state index contributed by atoms with van der Waals surface area (Å²) in [5.74, 6) is 2.36. The highest BCUT2D eigenvalue weighted by molar-refractivity contribution is 5.42. The molecule has 18 heavy (non-hydrogen) atoms. The van der Waals surface area contributed by atoms with Crippen molar-refractivity contribution in [1.29, 1.82) is 0 Å². The van der Waals surface area contributed by atoms with E-state index in [2.05, 4.69) is 27.2 Å². The second kappa shape index (κ2) is 6.00. The van der Waals surface area contributed by atoms with Crippen molar-refractivity contribution in [2.45, 2.75) is 32.7 Å². The highest BCUT2D eigenvalue weighted by Crippen LogP contribution is 2.20. The Kier molecular flexibility index (Phi) is 4.36. The predicted molar refractivity (Wildman–Crippen MR) is 72.2 cm³/mol. The van der Waals surface area contributed by atoms with Gasteiger partial charge in [-0.1, -0.05) is 0 Å². The normalized spacial score (nSPS) is 19.6. The van der Waals surface area contributed by atoms with Gasteiger partial charge in [0.1, 0.15) is 11.6 Å². The Hall–Kier alpha value is -1.36. The average Bonchev–Trinajstić information content (AvgIpc) is 2.38. The molecule has 5 heteroatoms. The minimum absolute atomic E-state index is 0.502. The number of anilines is 1. The molecular weight excluding hydrogens is 228 g/mol. The summed E-state index contributed by atoms with van der Waals surface area (Å²) in [5, 5.41) is 3.42. The Morgan fingerprint density at radius 1 is 1.50 bits per heavy atom. The fraction of sp³-hybridized carbons (Fsp3) is 0.692. The number of hydrogen-bond acceptors (Lipinski definition) is 5.